The first-order valence-corrected chi connectivity index (χ1v) is 5.01. The number of rotatable bonds is 0. The van der Waals surface area contributed by atoms with E-state index in [0.29, 0.717) is 0 Å². The van der Waals surface area contributed by atoms with Crippen molar-refractivity contribution in [2.45, 2.75) is 13.3 Å². The first kappa shape index (κ1) is 9.07. The van der Waals surface area contributed by atoms with Crippen LogP contribution in [0.5, 0.6) is 0 Å². The molecule has 1 N–H and O–H groups in total. The minimum atomic E-state index is 0.943. The van der Waals surface area contributed by atoms with E-state index in [2.05, 4.69) is 54.7 Å². The smallest absolute Gasteiger partial charge is 0.0416 e. The van der Waals surface area contributed by atoms with E-state index in [0.717, 1.165) is 13.0 Å². The zero-order valence-electron chi connectivity index (χ0n) is 8.46. The Bertz CT molecular complexity index is 375. The van der Waals surface area contributed by atoms with E-state index in [4.69, 9.17) is 0 Å². The molecule has 0 bridgehead atoms. The van der Waals surface area contributed by atoms with Crippen molar-refractivity contribution in [3.8, 4) is 0 Å². The first-order chi connectivity index (χ1) is 6.86. The molecule has 1 aliphatic heterocycles. The minimum Gasteiger partial charge on any atom is -0.381 e. The second-order valence-electron chi connectivity index (χ2n) is 3.63. The van der Waals surface area contributed by atoms with E-state index in [-0.39, 0.29) is 0 Å². The fraction of sp³-hybridized carbons (Fsp3) is 0.231. The Morgan fingerprint density at radius 3 is 3.00 bits per heavy atom. The molecule has 0 unspecified atom stereocenters. The number of hydrogen-bond donors (Lipinski definition) is 1. The minimum absolute atomic E-state index is 0.943. The third kappa shape index (κ3) is 2.05. The van der Waals surface area contributed by atoms with Gasteiger partial charge in [0.1, 0.15) is 0 Å². The maximum absolute atomic E-state index is 3.44. The highest BCUT2D eigenvalue weighted by Gasteiger charge is 1.99. The van der Waals surface area contributed by atoms with Gasteiger partial charge in [0.15, 0.2) is 0 Å². The second kappa shape index (κ2) is 4.14. The molecule has 1 aliphatic rings. The van der Waals surface area contributed by atoms with Gasteiger partial charge < -0.3 is 5.32 Å². The van der Waals surface area contributed by atoms with E-state index in [9.17, 15) is 0 Å². The van der Waals surface area contributed by atoms with Crippen LogP contribution in [0.25, 0.3) is 6.08 Å². The van der Waals surface area contributed by atoms with Gasteiger partial charge in [0.25, 0.3) is 0 Å². The average Bonchev–Trinajstić information content (AvgIpc) is 2.30. The highest BCUT2D eigenvalue weighted by molar-refractivity contribution is 5.67. The number of para-hydroxylation sites is 1. The highest BCUT2D eigenvalue weighted by Crippen LogP contribution is 2.18. The zero-order chi connectivity index (χ0) is 9.80. The van der Waals surface area contributed by atoms with Gasteiger partial charge in [-0.2, -0.15) is 0 Å². The van der Waals surface area contributed by atoms with Crippen molar-refractivity contribution >= 4 is 11.8 Å². The third-order valence-electron chi connectivity index (χ3n) is 2.42. The molecule has 0 radical (unpaired) electrons. The molecule has 1 nitrogen and oxygen atoms in total. The molecule has 1 aromatic rings. The van der Waals surface area contributed by atoms with Crippen molar-refractivity contribution in [1.82, 2.24) is 0 Å². The zero-order valence-corrected chi connectivity index (χ0v) is 8.46. The van der Waals surface area contributed by atoms with Gasteiger partial charge in [-0.15, -0.1) is 0 Å². The molecule has 2 rings (SSSR count). The lowest BCUT2D eigenvalue weighted by atomic mass is 10.1. The average molecular weight is 185 g/mol. The van der Waals surface area contributed by atoms with Crippen LogP contribution in [-0.2, 0) is 0 Å². The fourth-order valence-corrected chi connectivity index (χ4v) is 1.57. The summed E-state index contributed by atoms with van der Waals surface area (Å²) in [7, 11) is 0. The van der Waals surface area contributed by atoms with Crippen LogP contribution in [0.4, 0.5) is 5.69 Å². The summed E-state index contributed by atoms with van der Waals surface area (Å²) in [6, 6.07) is 8.40. The van der Waals surface area contributed by atoms with Crippen molar-refractivity contribution in [3.05, 3.63) is 47.6 Å². The van der Waals surface area contributed by atoms with Crippen molar-refractivity contribution in [3.63, 3.8) is 0 Å². The quantitative estimate of drug-likeness (QED) is 0.610. The van der Waals surface area contributed by atoms with Crippen LogP contribution in [0.3, 0.4) is 0 Å². The Morgan fingerprint density at radius 2 is 2.07 bits per heavy atom. The van der Waals surface area contributed by atoms with Crippen LogP contribution < -0.4 is 5.32 Å². The summed E-state index contributed by atoms with van der Waals surface area (Å²) in [6.45, 7) is 3.10. The number of allylic oxidation sites excluding steroid dienone is 2. The molecule has 0 spiro atoms. The van der Waals surface area contributed by atoms with E-state index in [1.165, 1.54) is 16.8 Å². The predicted octanol–water partition coefficient (Wildman–Crippen LogP) is 3.46. The second-order valence-corrected chi connectivity index (χ2v) is 3.63. The number of anilines is 1. The summed E-state index contributed by atoms with van der Waals surface area (Å²) in [5, 5.41) is 3.44. The summed E-state index contributed by atoms with van der Waals surface area (Å²) in [4.78, 5) is 0. The molecule has 14 heavy (non-hydrogen) atoms. The van der Waals surface area contributed by atoms with Gasteiger partial charge in [0, 0.05) is 12.2 Å². The lowest BCUT2D eigenvalue weighted by Crippen LogP contribution is -2.03. The van der Waals surface area contributed by atoms with Crippen molar-refractivity contribution in [2.75, 3.05) is 11.9 Å². The standard InChI is InChI=1S/C13H15N/c1-11-6-2-3-7-12-8-4-5-9-13(12)14-10-11/h3-9,14H,2,10H2,1H3/b7-3-,11-6-. The summed E-state index contributed by atoms with van der Waals surface area (Å²) in [6.07, 6.45) is 7.67. The van der Waals surface area contributed by atoms with Gasteiger partial charge in [-0.3, -0.25) is 0 Å². The van der Waals surface area contributed by atoms with Crippen LogP contribution in [0, 0.1) is 0 Å². The topological polar surface area (TPSA) is 12.0 Å². The van der Waals surface area contributed by atoms with E-state index in [1.54, 1.807) is 0 Å². The van der Waals surface area contributed by atoms with Gasteiger partial charge in [-0.1, -0.05) is 42.0 Å². The maximum atomic E-state index is 3.44. The molecule has 0 aliphatic carbocycles. The summed E-state index contributed by atoms with van der Waals surface area (Å²) in [5.74, 6) is 0. The fourth-order valence-electron chi connectivity index (χ4n) is 1.57. The first-order valence-electron chi connectivity index (χ1n) is 5.01. The lowest BCUT2D eigenvalue weighted by Gasteiger charge is -2.08. The van der Waals surface area contributed by atoms with E-state index >= 15 is 0 Å². The van der Waals surface area contributed by atoms with Gasteiger partial charge in [0.2, 0.25) is 0 Å². The Labute approximate surface area is 85.2 Å². The van der Waals surface area contributed by atoms with Gasteiger partial charge in [-0.25, -0.2) is 0 Å². The summed E-state index contributed by atoms with van der Waals surface area (Å²) >= 11 is 0. The molecule has 0 amide bonds. The third-order valence-corrected chi connectivity index (χ3v) is 2.42. The SMILES string of the molecule is C/C1=C/C/C=C\c2ccccc2NC1. The Morgan fingerprint density at radius 1 is 1.21 bits per heavy atom. The van der Waals surface area contributed by atoms with E-state index in [1.807, 2.05) is 0 Å². The largest absolute Gasteiger partial charge is 0.381 e. The number of fused-ring (bicyclic) bond motifs is 1. The van der Waals surface area contributed by atoms with Crippen molar-refractivity contribution in [2.24, 2.45) is 0 Å². The van der Waals surface area contributed by atoms with Crippen molar-refractivity contribution < 1.29 is 0 Å². The van der Waals surface area contributed by atoms with Gasteiger partial charge in [0.05, 0.1) is 0 Å². The molecule has 0 atom stereocenters. The predicted molar refractivity (Wildman–Crippen MR) is 62.3 cm³/mol. The monoisotopic (exact) mass is 185 g/mol. The van der Waals surface area contributed by atoms with Crippen LogP contribution in [0.2, 0.25) is 0 Å². The molecule has 0 saturated heterocycles. The Hall–Kier alpha value is -1.50. The highest BCUT2D eigenvalue weighted by atomic mass is 14.9. The molecular weight excluding hydrogens is 170 g/mol. The van der Waals surface area contributed by atoms with E-state index < -0.39 is 0 Å². The molecule has 1 heteroatoms. The molecule has 0 saturated carbocycles. The molecule has 1 aromatic carbocycles. The van der Waals surface area contributed by atoms with Crippen LogP contribution in [0.15, 0.2) is 42.0 Å². The van der Waals surface area contributed by atoms with Gasteiger partial charge >= 0.3 is 0 Å². The normalized spacial score (nSPS) is 21.6. The molecule has 1 heterocycles. The summed E-state index contributed by atoms with van der Waals surface area (Å²) < 4.78 is 0. The Balaban J connectivity index is 2.32. The lowest BCUT2D eigenvalue weighted by molar-refractivity contribution is 1.17. The van der Waals surface area contributed by atoms with Crippen LogP contribution >= 0.6 is 0 Å². The number of nitrogens with one attached hydrogen (secondary N) is 1. The van der Waals surface area contributed by atoms with Crippen LogP contribution in [0.1, 0.15) is 18.9 Å². The summed E-state index contributed by atoms with van der Waals surface area (Å²) in [5.41, 5.74) is 3.89. The Kier molecular flexibility index (Phi) is 2.68. The number of hydrogen-bond acceptors (Lipinski definition) is 1. The number of benzene rings is 1. The molecule has 72 valence electrons. The molecule has 0 aromatic heterocycles. The maximum Gasteiger partial charge on any atom is 0.0416 e. The van der Waals surface area contributed by atoms with Crippen LogP contribution in [-0.4, -0.2) is 6.54 Å². The molecular formula is C13H15N. The molecule has 0 fully saturated rings. The van der Waals surface area contributed by atoms with Crippen molar-refractivity contribution in [1.29, 1.82) is 0 Å². The van der Waals surface area contributed by atoms with Gasteiger partial charge in [-0.05, 0) is 25.0 Å².